The van der Waals surface area contributed by atoms with Gasteiger partial charge in [0.2, 0.25) is 5.91 Å². The SMILES string of the molecule is Cc1ccc(CNC(=O)C2(C)Cn3nc(C(=O)NC4CCCC4)cc3C(=O)N2C)cc1. The van der Waals surface area contributed by atoms with Gasteiger partial charge in [0.05, 0.1) is 6.54 Å². The molecule has 3 amide bonds. The molecule has 0 bridgehead atoms. The van der Waals surface area contributed by atoms with E-state index in [4.69, 9.17) is 0 Å². The van der Waals surface area contributed by atoms with Crippen LogP contribution in [0.5, 0.6) is 0 Å². The molecular weight excluding hydrogens is 394 g/mol. The molecule has 0 spiro atoms. The number of carbonyl (C=O) groups excluding carboxylic acids is 3. The number of nitrogens with zero attached hydrogens (tertiary/aromatic N) is 3. The Hall–Kier alpha value is -3.16. The first-order chi connectivity index (χ1) is 14.8. The summed E-state index contributed by atoms with van der Waals surface area (Å²) in [7, 11) is 1.61. The van der Waals surface area contributed by atoms with Gasteiger partial charge in [-0.1, -0.05) is 42.7 Å². The number of amides is 3. The Morgan fingerprint density at radius 1 is 1.19 bits per heavy atom. The summed E-state index contributed by atoms with van der Waals surface area (Å²) >= 11 is 0. The number of hydrogen-bond donors (Lipinski definition) is 2. The van der Waals surface area contributed by atoms with Crippen LogP contribution in [0.2, 0.25) is 0 Å². The maximum absolute atomic E-state index is 13.1. The zero-order chi connectivity index (χ0) is 22.2. The van der Waals surface area contributed by atoms with Crippen LogP contribution in [0, 0.1) is 6.92 Å². The predicted molar refractivity (Wildman–Crippen MR) is 115 cm³/mol. The number of nitrogens with one attached hydrogen (secondary N) is 2. The molecule has 1 aromatic carbocycles. The van der Waals surface area contributed by atoms with Gasteiger partial charge in [0.25, 0.3) is 11.8 Å². The number of benzene rings is 1. The minimum absolute atomic E-state index is 0.169. The average molecular weight is 424 g/mol. The number of rotatable bonds is 5. The van der Waals surface area contributed by atoms with Gasteiger partial charge < -0.3 is 15.5 Å². The van der Waals surface area contributed by atoms with E-state index in [1.54, 1.807) is 14.0 Å². The Bertz CT molecular complexity index is 1010. The molecule has 2 N–H and O–H groups in total. The summed E-state index contributed by atoms with van der Waals surface area (Å²) in [6.07, 6.45) is 4.17. The number of aromatic nitrogens is 2. The highest BCUT2D eigenvalue weighted by atomic mass is 16.2. The minimum Gasteiger partial charge on any atom is -0.350 e. The van der Waals surface area contributed by atoms with Crippen LogP contribution in [0.3, 0.4) is 0 Å². The molecule has 8 nitrogen and oxygen atoms in total. The highest BCUT2D eigenvalue weighted by Gasteiger charge is 2.46. The smallest absolute Gasteiger partial charge is 0.272 e. The fourth-order valence-corrected chi connectivity index (χ4v) is 4.25. The van der Waals surface area contributed by atoms with Crippen LogP contribution in [-0.4, -0.2) is 51.0 Å². The van der Waals surface area contributed by atoms with Crippen molar-refractivity contribution in [3.63, 3.8) is 0 Å². The maximum Gasteiger partial charge on any atom is 0.272 e. The van der Waals surface area contributed by atoms with Crippen molar-refractivity contribution < 1.29 is 14.4 Å². The molecule has 4 rings (SSSR count). The molecular formula is C23H29N5O3. The van der Waals surface area contributed by atoms with Crippen LogP contribution in [0.4, 0.5) is 0 Å². The third-order valence-corrected chi connectivity index (χ3v) is 6.49. The first-order valence-corrected chi connectivity index (χ1v) is 10.8. The van der Waals surface area contributed by atoms with E-state index in [2.05, 4.69) is 15.7 Å². The van der Waals surface area contributed by atoms with Crippen molar-refractivity contribution in [1.29, 1.82) is 0 Å². The van der Waals surface area contributed by atoms with Gasteiger partial charge in [-0.25, -0.2) is 0 Å². The van der Waals surface area contributed by atoms with E-state index in [9.17, 15) is 14.4 Å². The minimum atomic E-state index is -1.11. The second-order valence-corrected chi connectivity index (χ2v) is 8.83. The number of fused-ring (bicyclic) bond motifs is 1. The Morgan fingerprint density at radius 3 is 2.55 bits per heavy atom. The van der Waals surface area contributed by atoms with Crippen molar-refractivity contribution in [2.24, 2.45) is 0 Å². The van der Waals surface area contributed by atoms with Crippen molar-refractivity contribution in [2.45, 2.75) is 64.2 Å². The molecule has 2 heterocycles. The topological polar surface area (TPSA) is 96.3 Å². The van der Waals surface area contributed by atoms with Crippen LogP contribution in [0.15, 0.2) is 30.3 Å². The maximum atomic E-state index is 13.1. The molecule has 2 aliphatic rings. The van der Waals surface area contributed by atoms with E-state index in [0.717, 1.165) is 36.8 Å². The fraction of sp³-hybridized carbons (Fsp3) is 0.478. The standard InChI is InChI=1S/C23H29N5O3/c1-15-8-10-16(11-9-15)13-24-22(31)23(2)14-28-19(21(30)27(23)3)12-18(26-28)20(29)25-17-6-4-5-7-17/h8-12,17H,4-7,13-14H2,1-3H3,(H,24,31)(H,25,29). The molecule has 1 aliphatic carbocycles. The van der Waals surface area contributed by atoms with E-state index in [1.807, 2.05) is 31.2 Å². The highest BCUT2D eigenvalue weighted by molar-refractivity contribution is 6.01. The summed E-state index contributed by atoms with van der Waals surface area (Å²) in [6.45, 7) is 4.28. The Kier molecular flexibility index (Phi) is 5.56. The quantitative estimate of drug-likeness (QED) is 0.769. The molecule has 1 fully saturated rings. The summed E-state index contributed by atoms with van der Waals surface area (Å²) in [5.74, 6) is -0.858. The lowest BCUT2D eigenvalue weighted by Gasteiger charge is -2.40. The lowest BCUT2D eigenvalue weighted by Crippen LogP contribution is -2.62. The largest absolute Gasteiger partial charge is 0.350 e. The van der Waals surface area contributed by atoms with Crippen molar-refractivity contribution in [1.82, 2.24) is 25.3 Å². The van der Waals surface area contributed by atoms with E-state index < -0.39 is 5.54 Å². The molecule has 1 unspecified atom stereocenters. The van der Waals surface area contributed by atoms with Gasteiger partial charge in [0, 0.05) is 25.7 Å². The van der Waals surface area contributed by atoms with E-state index in [0.29, 0.717) is 12.2 Å². The number of carbonyl (C=O) groups is 3. The van der Waals surface area contributed by atoms with Gasteiger partial charge in [0.1, 0.15) is 11.2 Å². The molecule has 164 valence electrons. The van der Waals surface area contributed by atoms with E-state index in [-0.39, 0.29) is 36.0 Å². The van der Waals surface area contributed by atoms with Crippen LogP contribution < -0.4 is 10.6 Å². The zero-order valence-corrected chi connectivity index (χ0v) is 18.3. The molecule has 0 saturated heterocycles. The Balaban J connectivity index is 1.49. The van der Waals surface area contributed by atoms with Gasteiger partial charge in [-0.05, 0) is 32.3 Å². The number of likely N-dealkylation sites (N-methyl/N-ethyl adjacent to an activating group) is 1. The second kappa shape index (κ2) is 8.17. The molecule has 1 aliphatic heterocycles. The van der Waals surface area contributed by atoms with Crippen LogP contribution >= 0.6 is 0 Å². The monoisotopic (exact) mass is 423 g/mol. The lowest BCUT2D eigenvalue weighted by atomic mass is 9.95. The van der Waals surface area contributed by atoms with E-state index in [1.165, 1.54) is 15.6 Å². The summed E-state index contributed by atoms with van der Waals surface area (Å²) in [6, 6.07) is 9.61. The molecule has 31 heavy (non-hydrogen) atoms. The first kappa shape index (κ1) is 21.1. The van der Waals surface area contributed by atoms with Crippen molar-refractivity contribution in [2.75, 3.05) is 7.05 Å². The fourth-order valence-electron chi connectivity index (χ4n) is 4.25. The summed E-state index contributed by atoms with van der Waals surface area (Å²) in [5.41, 5.74) is 1.56. The van der Waals surface area contributed by atoms with Crippen molar-refractivity contribution in [3.8, 4) is 0 Å². The van der Waals surface area contributed by atoms with Crippen molar-refractivity contribution >= 4 is 17.7 Å². The first-order valence-electron chi connectivity index (χ1n) is 10.8. The van der Waals surface area contributed by atoms with E-state index >= 15 is 0 Å². The summed E-state index contributed by atoms with van der Waals surface area (Å²) < 4.78 is 1.48. The Labute approximate surface area is 182 Å². The molecule has 0 radical (unpaired) electrons. The van der Waals surface area contributed by atoms with Gasteiger partial charge in [0.15, 0.2) is 5.69 Å². The average Bonchev–Trinajstić information content (AvgIpc) is 3.41. The van der Waals surface area contributed by atoms with Crippen LogP contribution in [0.1, 0.15) is 64.7 Å². The predicted octanol–water partition coefficient (Wildman–Crippen LogP) is 2.02. The van der Waals surface area contributed by atoms with Gasteiger partial charge in [-0.2, -0.15) is 5.10 Å². The molecule has 2 aromatic rings. The van der Waals surface area contributed by atoms with Gasteiger partial charge in [-0.3, -0.25) is 19.1 Å². The molecule has 1 aromatic heterocycles. The summed E-state index contributed by atoms with van der Waals surface area (Å²) in [4.78, 5) is 40.1. The van der Waals surface area contributed by atoms with Crippen LogP contribution in [0.25, 0.3) is 0 Å². The van der Waals surface area contributed by atoms with Gasteiger partial charge in [-0.15, -0.1) is 0 Å². The number of aryl methyl sites for hydroxylation is 1. The van der Waals surface area contributed by atoms with Crippen LogP contribution in [-0.2, 0) is 17.9 Å². The van der Waals surface area contributed by atoms with Crippen molar-refractivity contribution in [3.05, 3.63) is 52.8 Å². The molecule has 8 heteroatoms. The zero-order valence-electron chi connectivity index (χ0n) is 18.3. The second-order valence-electron chi connectivity index (χ2n) is 8.83. The normalized spacial score (nSPS) is 21.1. The Morgan fingerprint density at radius 2 is 1.87 bits per heavy atom. The highest BCUT2D eigenvalue weighted by Crippen LogP contribution is 2.26. The molecule has 1 saturated carbocycles. The lowest BCUT2D eigenvalue weighted by molar-refractivity contribution is -0.132. The number of hydrogen-bond acceptors (Lipinski definition) is 4. The summed E-state index contributed by atoms with van der Waals surface area (Å²) in [5, 5.41) is 10.3. The third-order valence-electron chi connectivity index (χ3n) is 6.49. The molecule has 1 atom stereocenters. The third kappa shape index (κ3) is 4.06. The van der Waals surface area contributed by atoms with Gasteiger partial charge >= 0.3 is 0 Å².